The van der Waals surface area contributed by atoms with E-state index >= 15 is 0 Å². The molecule has 2 atom stereocenters. The number of rotatable bonds is 3. The number of benzene rings is 1. The fourth-order valence-corrected chi connectivity index (χ4v) is 3.77. The van der Waals surface area contributed by atoms with Gasteiger partial charge in [0.1, 0.15) is 0 Å². The maximum Gasteiger partial charge on any atom is 0.0372 e. The monoisotopic (exact) mass is 357 g/mol. The summed E-state index contributed by atoms with van der Waals surface area (Å²) in [4.78, 5) is 0. The van der Waals surface area contributed by atoms with Gasteiger partial charge >= 0.3 is 0 Å². The molecule has 0 amide bonds. The minimum absolute atomic E-state index is 0.664. The smallest absolute Gasteiger partial charge is 0.0372 e. The second-order valence-corrected chi connectivity index (χ2v) is 7.15. The predicted octanol–water partition coefficient (Wildman–Crippen LogP) is 5.23. The first-order chi connectivity index (χ1) is 8.58. The second-order valence-electron chi connectivity index (χ2n) is 5.90. The summed E-state index contributed by atoms with van der Waals surface area (Å²) in [6, 6.07) is 7.36. The van der Waals surface area contributed by atoms with E-state index in [1.807, 2.05) is 0 Å². The van der Waals surface area contributed by atoms with E-state index in [9.17, 15) is 0 Å². The van der Waals surface area contributed by atoms with Crippen molar-refractivity contribution in [2.75, 3.05) is 5.32 Å². The highest BCUT2D eigenvalue weighted by Gasteiger charge is 2.27. The van der Waals surface area contributed by atoms with Gasteiger partial charge in [-0.15, -0.1) is 0 Å². The van der Waals surface area contributed by atoms with Gasteiger partial charge in [0.05, 0.1) is 0 Å². The molecule has 18 heavy (non-hydrogen) atoms. The minimum Gasteiger partial charge on any atom is -0.382 e. The summed E-state index contributed by atoms with van der Waals surface area (Å²) in [7, 11) is 0. The average molecular weight is 357 g/mol. The van der Waals surface area contributed by atoms with Crippen molar-refractivity contribution in [1.29, 1.82) is 0 Å². The lowest BCUT2D eigenvalue weighted by Gasteiger charge is -2.36. The summed E-state index contributed by atoms with van der Waals surface area (Å²) in [6.45, 7) is 6.94. The Kier molecular flexibility index (Phi) is 4.93. The number of aryl methyl sites for hydroxylation is 1. The van der Waals surface area contributed by atoms with E-state index < -0.39 is 0 Å². The van der Waals surface area contributed by atoms with E-state index in [0.717, 1.165) is 11.8 Å². The Morgan fingerprint density at radius 2 is 1.94 bits per heavy atom. The Balaban J connectivity index is 2.11. The molecule has 1 aliphatic rings. The molecule has 1 aromatic rings. The van der Waals surface area contributed by atoms with Crippen LogP contribution in [0.25, 0.3) is 0 Å². The molecular formula is C16H24IN. The third-order valence-electron chi connectivity index (χ3n) is 4.21. The SMILES string of the molecule is Cc1cc(I)ccc1NC1CCCCC1C(C)C. The van der Waals surface area contributed by atoms with E-state index in [1.165, 1.54) is 40.5 Å². The van der Waals surface area contributed by atoms with Crippen LogP contribution < -0.4 is 5.32 Å². The number of hydrogen-bond acceptors (Lipinski definition) is 1. The maximum absolute atomic E-state index is 3.80. The van der Waals surface area contributed by atoms with Gasteiger partial charge in [0.2, 0.25) is 0 Å². The van der Waals surface area contributed by atoms with Crippen LogP contribution in [-0.4, -0.2) is 6.04 Å². The van der Waals surface area contributed by atoms with Gasteiger partial charge in [0, 0.05) is 15.3 Å². The quantitative estimate of drug-likeness (QED) is 0.731. The fourth-order valence-electron chi connectivity index (χ4n) is 3.13. The third-order valence-corrected chi connectivity index (χ3v) is 4.88. The zero-order chi connectivity index (χ0) is 13.1. The first kappa shape index (κ1) is 14.2. The summed E-state index contributed by atoms with van der Waals surface area (Å²) >= 11 is 2.38. The number of anilines is 1. The van der Waals surface area contributed by atoms with Crippen LogP contribution in [0.1, 0.15) is 45.1 Å². The molecule has 1 N–H and O–H groups in total. The molecule has 0 aromatic heterocycles. The molecule has 0 saturated heterocycles. The van der Waals surface area contributed by atoms with E-state index in [1.54, 1.807) is 0 Å². The lowest BCUT2D eigenvalue weighted by atomic mass is 9.77. The van der Waals surface area contributed by atoms with Gasteiger partial charge in [-0.05, 0) is 78.0 Å². The molecule has 0 spiro atoms. The van der Waals surface area contributed by atoms with Crippen LogP contribution in [0.4, 0.5) is 5.69 Å². The molecule has 0 aliphatic heterocycles. The predicted molar refractivity (Wildman–Crippen MR) is 88.1 cm³/mol. The summed E-state index contributed by atoms with van der Waals surface area (Å²) in [5.41, 5.74) is 2.70. The van der Waals surface area contributed by atoms with Gasteiger partial charge in [-0.1, -0.05) is 26.7 Å². The van der Waals surface area contributed by atoms with Crippen molar-refractivity contribution >= 4 is 28.3 Å². The second kappa shape index (κ2) is 6.27. The largest absolute Gasteiger partial charge is 0.382 e. The molecule has 0 radical (unpaired) electrons. The summed E-state index contributed by atoms with van der Waals surface area (Å²) in [5, 5.41) is 3.80. The zero-order valence-electron chi connectivity index (χ0n) is 11.7. The van der Waals surface area contributed by atoms with Crippen LogP contribution in [0, 0.1) is 22.3 Å². The highest BCUT2D eigenvalue weighted by atomic mass is 127. The van der Waals surface area contributed by atoms with E-state index in [-0.39, 0.29) is 0 Å². The molecule has 2 unspecified atom stereocenters. The van der Waals surface area contributed by atoms with Crippen LogP contribution >= 0.6 is 22.6 Å². The van der Waals surface area contributed by atoms with Crippen molar-refractivity contribution in [2.45, 2.75) is 52.5 Å². The molecule has 100 valence electrons. The molecule has 0 bridgehead atoms. The topological polar surface area (TPSA) is 12.0 Å². The van der Waals surface area contributed by atoms with E-state index in [0.29, 0.717) is 6.04 Å². The minimum atomic E-state index is 0.664. The normalized spacial score (nSPS) is 24.3. The third kappa shape index (κ3) is 3.40. The van der Waals surface area contributed by atoms with Gasteiger partial charge in [-0.3, -0.25) is 0 Å². The van der Waals surface area contributed by atoms with E-state index in [2.05, 4.69) is 66.9 Å². The fraction of sp³-hybridized carbons (Fsp3) is 0.625. The molecule has 1 fully saturated rings. The standard InChI is InChI=1S/C16H24IN/c1-11(2)14-6-4-5-7-16(14)18-15-9-8-13(17)10-12(15)3/h8-11,14,16,18H,4-7H2,1-3H3. The van der Waals surface area contributed by atoms with Gasteiger partial charge in [0.25, 0.3) is 0 Å². The Morgan fingerprint density at radius 1 is 1.22 bits per heavy atom. The van der Waals surface area contributed by atoms with Crippen LogP contribution in [0.3, 0.4) is 0 Å². The van der Waals surface area contributed by atoms with E-state index in [4.69, 9.17) is 0 Å². The van der Waals surface area contributed by atoms with Crippen molar-refractivity contribution in [3.63, 3.8) is 0 Å². The van der Waals surface area contributed by atoms with Crippen LogP contribution in [-0.2, 0) is 0 Å². The molecule has 0 heterocycles. The van der Waals surface area contributed by atoms with Crippen molar-refractivity contribution in [3.8, 4) is 0 Å². The average Bonchev–Trinajstić information content (AvgIpc) is 2.33. The van der Waals surface area contributed by atoms with Gasteiger partial charge in [-0.2, -0.15) is 0 Å². The zero-order valence-corrected chi connectivity index (χ0v) is 13.8. The van der Waals surface area contributed by atoms with Crippen molar-refractivity contribution in [3.05, 3.63) is 27.3 Å². The van der Waals surface area contributed by atoms with Crippen molar-refractivity contribution < 1.29 is 0 Å². The Morgan fingerprint density at radius 3 is 2.61 bits per heavy atom. The molecule has 2 rings (SSSR count). The summed E-state index contributed by atoms with van der Waals surface area (Å²) in [6.07, 6.45) is 5.50. The first-order valence-corrected chi connectivity index (χ1v) is 8.18. The van der Waals surface area contributed by atoms with Gasteiger partial charge in [-0.25, -0.2) is 0 Å². The Bertz CT molecular complexity index is 400. The molecule has 2 heteroatoms. The van der Waals surface area contributed by atoms with Crippen LogP contribution in [0.5, 0.6) is 0 Å². The molecule has 1 aromatic carbocycles. The molecular weight excluding hydrogens is 333 g/mol. The highest BCUT2D eigenvalue weighted by Crippen LogP contribution is 2.33. The number of nitrogens with one attached hydrogen (secondary N) is 1. The highest BCUT2D eigenvalue weighted by molar-refractivity contribution is 14.1. The summed E-state index contributed by atoms with van der Waals surface area (Å²) < 4.78 is 1.32. The van der Waals surface area contributed by atoms with Crippen molar-refractivity contribution in [1.82, 2.24) is 0 Å². The molecule has 1 saturated carbocycles. The molecule has 1 aliphatic carbocycles. The van der Waals surface area contributed by atoms with Crippen LogP contribution in [0.2, 0.25) is 0 Å². The molecule has 1 nitrogen and oxygen atoms in total. The Hall–Kier alpha value is -0.250. The van der Waals surface area contributed by atoms with Crippen LogP contribution in [0.15, 0.2) is 18.2 Å². The van der Waals surface area contributed by atoms with Crippen molar-refractivity contribution in [2.24, 2.45) is 11.8 Å². The maximum atomic E-state index is 3.80. The summed E-state index contributed by atoms with van der Waals surface area (Å²) in [5.74, 6) is 1.62. The number of halogens is 1. The number of hydrogen-bond donors (Lipinski definition) is 1. The lowest BCUT2D eigenvalue weighted by Crippen LogP contribution is -2.35. The lowest BCUT2D eigenvalue weighted by molar-refractivity contribution is 0.254. The van der Waals surface area contributed by atoms with Gasteiger partial charge < -0.3 is 5.32 Å². The van der Waals surface area contributed by atoms with Gasteiger partial charge in [0.15, 0.2) is 0 Å². The Labute approximate surface area is 125 Å². The first-order valence-electron chi connectivity index (χ1n) is 7.10.